The van der Waals surface area contributed by atoms with Crippen molar-refractivity contribution in [1.82, 2.24) is 15.2 Å². The molecule has 1 unspecified atom stereocenters. The van der Waals surface area contributed by atoms with Gasteiger partial charge in [0.05, 0.1) is 33.0 Å². The van der Waals surface area contributed by atoms with Crippen molar-refractivity contribution in [2.75, 3.05) is 53.2 Å². The number of rotatable bonds is 10. The first-order valence-electron chi connectivity index (χ1n) is 9.45. The summed E-state index contributed by atoms with van der Waals surface area (Å²) < 4.78 is 16.3. The van der Waals surface area contributed by atoms with Gasteiger partial charge in [-0.3, -0.25) is 0 Å². The minimum Gasteiger partial charge on any atom is -0.478 e. The Kier molecular flexibility index (Phi) is 9.20. The highest BCUT2D eigenvalue weighted by atomic mass is 16.5. The van der Waals surface area contributed by atoms with Gasteiger partial charge in [0.2, 0.25) is 5.88 Å². The van der Waals surface area contributed by atoms with Gasteiger partial charge in [0.15, 0.2) is 5.96 Å². The van der Waals surface area contributed by atoms with Gasteiger partial charge < -0.3 is 24.4 Å². The van der Waals surface area contributed by atoms with Crippen molar-refractivity contribution in [3.63, 3.8) is 0 Å². The van der Waals surface area contributed by atoms with E-state index in [9.17, 15) is 0 Å². The second kappa shape index (κ2) is 11.7. The zero-order valence-electron chi connectivity index (χ0n) is 16.2. The van der Waals surface area contributed by atoms with Crippen LogP contribution in [-0.2, 0) is 16.0 Å². The lowest BCUT2D eigenvalue weighted by molar-refractivity contribution is 0.0536. The molecule has 7 nitrogen and oxygen atoms in total. The van der Waals surface area contributed by atoms with E-state index in [1.807, 2.05) is 19.1 Å². The molecule has 0 amide bonds. The van der Waals surface area contributed by atoms with Gasteiger partial charge in [0.25, 0.3) is 0 Å². The molecule has 0 saturated carbocycles. The highest BCUT2D eigenvalue weighted by molar-refractivity contribution is 5.80. The van der Waals surface area contributed by atoms with Gasteiger partial charge in [-0.05, 0) is 26.3 Å². The smallest absolute Gasteiger partial charge is 0.218 e. The van der Waals surface area contributed by atoms with E-state index in [1.54, 1.807) is 13.3 Å². The van der Waals surface area contributed by atoms with E-state index in [4.69, 9.17) is 19.2 Å². The Morgan fingerprint density at radius 3 is 3.04 bits per heavy atom. The highest BCUT2D eigenvalue weighted by Crippen LogP contribution is 2.18. The first kappa shape index (κ1) is 20.5. The first-order chi connectivity index (χ1) is 12.8. The van der Waals surface area contributed by atoms with Crippen LogP contribution in [0.1, 0.15) is 25.8 Å². The Labute approximate surface area is 156 Å². The molecule has 1 N–H and O–H groups in total. The molecule has 146 valence electrons. The molecule has 0 spiro atoms. The Balaban J connectivity index is 1.93. The molecular weight excluding hydrogens is 332 g/mol. The Bertz CT molecular complexity index is 553. The summed E-state index contributed by atoms with van der Waals surface area (Å²) in [5.41, 5.74) is 1.00. The van der Waals surface area contributed by atoms with Crippen LogP contribution < -0.4 is 10.1 Å². The van der Waals surface area contributed by atoms with Crippen LogP contribution in [-0.4, -0.2) is 69.0 Å². The monoisotopic (exact) mass is 364 g/mol. The van der Waals surface area contributed by atoms with Crippen LogP contribution in [0.4, 0.5) is 0 Å². The summed E-state index contributed by atoms with van der Waals surface area (Å²) in [5, 5.41) is 3.40. The second-order valence-electron chi connectivity index (χ2n) is 6.24. The number of ether oxygens (including phenoxy) is 3. The zero-order valence-corrected chi connectivity index (χ0v) is 16.2. The van der Waals surface area contributed by atoms with E-state index in [2.05, 4.69) is 22.1 Å². The van der Waals surface area contributed by atoms with Gasteiger partial charge in [0.1, 0.15) is 0 Å². The SMILES string of the molecule is CCNC(=NCc1cccnc1OCC)N1CCC(COCCOC)C1. The van der Waals surface area contributed by atoms with Gasteiger partial charge in [-0.15, -0.1) is 0 Å². The van der Waals surface area contributed by atoms with E-state index in [0.29, 0.717) is 38.2 Å². The number of likely N-dealkylation sites (tertiary alicyclic amines) is 1. The number of hydrogen-bond donors (Lipinski definition) is 1. The maximum atomic E-state index is 5.68. The number of nitrogens with one attached hydrogen (secondary N) is 1. The zero-order chi connectivity index (χ0) is 18.6. The van der Waals surface area contributed by atoms with Crippen LogP contribution in [0, 0.1) is 5.92 Å². The van der Waals surface area contributed by atoms with E-state index < -0.39 is 0 Å². The van der Waals surface area contributed by atoms with Gasteiger partial charge in [-0.1, -0.05) is 6.07 Å². The van der Waals surface area contributed by atoms with Crippen LogP contribution in [0.5, 0.6) is 5.88 Å². The van der Waals surface area contributed by atoms with E-state index in [0.717, 1.165) is 44.2 Å². The van der Waals surface area contributed by atoms with Crippen molar-refractivity contribution in [3.05, 3.63) is 23.9 Å². The third-order valence-corrected chi connectivity index (χ3v) is 4.24. The van der Waals surface area contributed by atoms with Crippen molar-refractivity contribution in [3.8, 4) is 5.88 Å². The molecule has 2 rings (SSSR count). The minimum absolute atomic E-state index is 0.535. The maximum absolute atomic E-state index is 5.68. The molecule has 0 radical (unpaired) electrons. The second-order valence-corrected chi connectivity index (χ2v) is 6.24. The summed E-state index contributed by atoms with van der Waals surface area (Å²) in [7, 11) is 1.69. The molecule has 0 aromatic carbocycles. The molecule has 1 aliphatic heterocycles. The average molecular weight is 364 g/mol. The highest BCUT2D eigenvalue weighted by Gasteiger charge is 2.25. The Hall–Kier alpha value is -1.86. The van der Waals surface area contributed by atoms with E-state index >= 15 is 0 Å². The summed E-state index contributed by atoms with van der Waals surface area (Å²) in [6.45, 7) is 10.1. The van der Waals surface area contributed by atoms with Gasteiger partial charge in [-0.25, -0.2) is 9.98 Å². The Morgan fingerprint density at radius 1 is 1.38 bits per heavy atom. The molecular formula is C19H32N4O3. The molecule has 7 heteroatoms. The largest absolute Gasteiger partial charge is 0.478 e. The lowest BCUT2D eigenvalue weighted by Gasteiger charge is -2.22. The van der Waals surface area contributed by atoms with Crippen LogP contribution >= 0.6 is 0 Å². The molecule has 1 aromatic rings. The number of aromatic nitrogens is 1. The average Bonchev–Trinajstić information content (AvgIpc) is 3.12. The predicted octanol–water partition coefficient (Wildman–Crippen LogP) is 1.93. The van der Waals surface area contributed by atoms with Crippen molar-refractivity contribution in [2.24, 2.45) is 10.9 Å². The van der Waals surface area contributed by atoms with Crippen LogP contribution in [0.3, 0.4) is 0 Å². The Morgan fingerprint density at radius 2 is 2.27 bits per heavy atom. The fourth-order valence-corrected chi connectivity index (χ4v) is 2.95. The van der Waals surface area contributed by atoms with Crippen molar-refractivity contribution < 1.29 is 14.2 Å². The number of nitrogens with zero attached hydrogens (tertiary/aromatic N) is 3. The molecule has 1 fully saturated rings. The summed E-state index contributed by atoms with van der Waals surface area (Å²) in [5.74, 6) is 2.15. The number of hydrogen-bond acceptors (Lipinski definition) is 5. The molecule has 26 heavy (non-hydrogen) atoms. The minimum atomic E-state index is 0.535. The molecule has 0 bridgehead atoms. The topological polar surface area (TPSA) is 68.2 Å². The number of methoxy groups -OCH3 is 1. The van der Waals surface area contributed by atoms with E-state index in [-0.39, 0.29) is 0 Å². The third-order valence-electron chi connectivity index (χ3n) is 4.24. The number of aliphatic imine (C=N–C) groups is 1. The van der Waals surface area contributed by atoms with Crippen LogP contribution in [0.15, 0.2) is 23.3 Å². The molecule has 1 saturated heterocycles. The number of pyridine rings is 1. The number of guanidine groups is 1. The first-order valence-corrected chi connectivity index (χ1v) is 9.45. The third kappa shape index (κ3) is 6.46. The molecule has 1 aromatic heterocycles. The summed E-state index contributed by atoms with van der Waals surface area (Å²) in [4.78, 5) is 11.4. The van der Waals surface area contributed by atoms with Crippen molar-refractivity contribution in [1.29, 1.82) is 0 Å². The molecule has 1 aliphatic rings. The molecule has 0 aliphatic carbocycles. The van der Waals surface area contributed by atoms with E-state index in [1.165, 1.54) is 0 Å². The maximum Gasteiger partial charge on any atom is 0.218 e. The quantitative estimate of drug-likeness (QED) is 0.389. The normalized spacial score (nSPS) is 17.6. The standard InChI is InChI=1S/C19H32N4O3/c1-4-20-19(22-13-17-7-6-9-21-18(17)26-5-2)23-10-8-16(14-23)15-25-12-11-24-3/h6-7,9,16H,4-5,8,10-15H2,1-3H3,(H,20,22). The lowest BCUT2D eigenvalue weighted by Crippen LogP contribution is -2.40. The summed E-state index contributed by atoms with van der Waals surface area (Å²) >= 11 is 0. The molecule has 2 heterocycles. The fourth-order valence-electron chi connectivity index (χ4n) is 2.95. The van der Waals surface area contributed by atoms with Crippen molar-refractivity contribution in [2.45, 2.75) is 26.8 Å². The van der Waals surface area contributed by atoms with Crippen molar-refractivity contribution >= 4 is 5.96 Å². The summed E-state index contributed by atoms with van der Waals surface area (Å²) in [6.07, 6.45) is 2.87. The van der Waals surface area contributed by atoms with Crippen LogP contribution in [0.2, 0.25) is 0 Å². The van der Waals surface area contributed by atoms with Gasteiger partial charge in [0, 0.05) is 44.4 Å². The van der Waals surface area contributed by atoms with Gasteiger partial charge in [-0.2, -0.15) is 0 Å². The summed E-state index contributed by atoms with van der Waals surface area (Å²) in [6, 6.07) is 3.94. The fraction of sp³-hybridized carbons (Fsp3) is 0.684. The van der Waals surface area contributed by atoms with Crippen LogP contribution in [0.25, 0.3) is 0 Å². The predicted molar refractivity (Wildman–Crippen MR) is 103 cm³/mol. The lowest BCUT2D eigenvalue weighted by atomic mass is 10.1. The van der Waals surface area contributed by atoms with Gasteiger partial charge >= 0.3 is 0 Å². The molecule has 1 atom stereocenters.